The average Bonchev–Trinajstić information content (AvgIpc) is 2.59. The van der Waals surface area contributed by atoms with Crippen molar-refractivity contribution in [3.8, 4) is 0 Å². The van der Waals surface area contributed by atoms with Crippen LogP contribution >= 0.6 is 34.5 Å². The fraction of sp³-hybridized carbons (Fsp3) is 0.600. The van der Waals surface area contributed by atoms with Gasteiger partial charge in [-0.2, -0.15) is 0 Å². The van der Waals surface area contributed by atoms with E-state index in [1.807, 2.05) is 0 Å². The third-order valence-electron chi connectivity index (χ3n) is 2.68. The van der Waals surface area contributed by atoms with E-state index in [1.165, 1.54) is 11.3 Å². The number of nitrogens with zero attached hydrogens (tertiary/aromatic N) is 1. The molecule has 0 amide bonds. The fourth-order valence-corrected chi connectivity index (χ4v) is 3.38. The lowest BCUT2D eigenvalue weighted by Crippen LogP contribution is -2.44. The Morgan fingerprint density at radius 3 is 2.69 bits per heavy atom. The molecule has 0 spiro atoms. The molecule has 1 fully saturated rings. The molecule has 2 N–H and O–H groups in total. The van der Waals surface area contributed by atoms with Gasteiger partial charge in [0.25, 0.3) is 0 Å². The van der Waals surface area contributed by atoms with Crippen LogP contribution in [0.15, 0.2) is 6.07 Å². The van der Waals surface area contributed by atoms with Crippen molar-refractivity contribution in [3.05, 3.63) is 20.3 Å². The number of aliphatic hydroxyl groups is 1. The fourth-order valence-electron chi connectivity index (χ4n) is 1.82. The monoisotopic (exact) mass is 280 g/mol. The maximum atomic E-state index is 10.1. The Hall–Kier alpha value is 0.160. The highest BCUT2D eigenvalue weighted by Crippen LogP contribution is 2.35. The molecule has 1 saturated heterocycles. The van der Waals surface area contributed by atoms with Crippen LogP contribution in [0.4, 0.5) is 0 Å². The van der Waals surface area contributed by atoms with Crippen molar-refractivity contribution in [2.24, 2.45) is 0 Å². The van der Waals surface area contributed by atoms with Crippen molar-refractivity contribution in [3.63, 3.8) is 0 Å². The lowest BCUT2D eigenvalue weighted by molar-refractivity contribution is 0.106. The van der Waals surface area contributed by atoms with E-state index in [1.54, 1.807) is 6.07 Å². The van der Waals surface area contributed by atoms with Gasteiger partial charge in [-0.1, -0.05) is 23.2 Å². The van der Waals surface area contributed by atoms with E-state index in [2.05, 4.69) is 10.2 Å². The number of rotatable bonds is 3. The molecule has 90 valence electrons. The van der Waals surface area contributed by atoms with Gasteiger partial charge in [0.05, 0.1) is 10.4 Å². The van der Waals surface area contributed by atoms with E-state index in [0.29, 0.717) is 15.2 Å². The van der Waals surface area contributed by atoms with E-state index >= 15 is 0 Å². The van der Waals surface area contributed by atoms with E-state index in [0.717, 1.165) is 31.7 Å². The number of thiophene rings is 1. The van der Waals surface area contributed by atoms with Gasteiger partial charge in [0.1, 0.15) is 4.34 Å². The van der Waals surface area contributed by atoms with E-state index in [9.17, 15) is 5.11 Å². The summed E-state index contributed by atoms with van der Waals surface area (Å²) in [5.41, 5.74) is 0.746. The summed E-state index contributed by atoms with van der Waals surface area (Å²) in [6, 6.07) is 1.75. The van der Waals surface area contributed by atoms with E-state index in [4.69, 9.17) is 23.2 Å². The lowest BCUT2D eigenvalue weighted by Gasteiger charge is -2.28. The largest absolute Gasteiger partial charge is 0.387 e. The molecule has 1 aliphatic heterocycles. The van der Waals surface area contributed by atoms with Gasteiger partial charge in [-0.3, -0.25) is 4.90 Å². The predicted molar refractivity (Wildman–Crippen MR) is 68.6 cm³/mol. The molecule has 1 atom stereocenters. The first-order chi connectivity index (χ1) is 7.66. The Bertz CT molecular complexity index is 353. The number of halogens is 2. The Labute approximate surface area is 109 Å². The summed E-state index contributed by atoms with van der Waals surface area (Å²) in [4.78, 5) is 2.23. The Kier molecular flexibility index (Phi) is 4.47. The lowest BCUT2D eigenvalue weighted by atomic mass is 10.2. The van der Waals surface area contributed by atoms with Crippen LogP contribution in [0.25, 0.3) is 0 Å². The molecule has 0 radical (unpaired) electrons. The smallest absolute Gasteiger partial charge is 0.100 e. The Morgan fingerprint density at radius 1 is 1.44 bits per heavy atom. The second kappa shape index (κ2) is 5.67. The molecule has 1 unspecified atom stereocenters. The summed E-state index contributed by atoms with van der Waals surface area (Å²) >= 11 is 13.2. The summed E-state index contributed by atoms with van der Waals surface area (Å²) in [6.07, 6.45) is -0.547. The van der Waals surface area contributed by atoms with Crippen LogP contribution in [-0.2, 0) is 0 Å². The zero-order chi connectivity index (χ0) is 11.5. The van der Waals surface area contributed by atoms with Gasteiger partial charge in [-0.05, 0) is 6.07 Å². The maximum absolute atomic E-state index is 10.1. The summed E-state index contributed by atoms with van der Waals surface area (Å²) < 4.78 is 1.21. The summed E-state index contributed by atoms with van der Waals surface area (Å²) in [5.74, 6) is 0. The number of aliphatic hydroxyl groups excluding tert-OH is 1. The Morgan fingerprint density at radius 2 is 2.12 bits per heavy atom. The van der Waals surface area contributed by atoms with Crippen molar-refractivity contribution in [1.82, 2.24) is 10.2 Å². The molecular formula is C10H14Cl2N2OS. The molecule has 1 aromatic heterocycles. The number of piperazine rings is 1. The minimum Gasteiger partial charge on any atom is -0.387 e. The third kappa shape index (κ3) is 3.09. The van der Waals surface area contributed by atoms with Crippen molar-refractivity contribution < 1.29 is 5.11 Å². The van der Waals surface area contributed by atoms with Gasteiger partial charge in [-0.15, -0.1) is 11.3 Å². The normalized spacial score (nSPS) is 19.9. The van der Waals surface area contributed by atoms with Gasteiger partial charge in [0.15, 0.2) is 0 Å². The van der Waals surface area contributed by atoms with E-state index in [-0.39, 0.29) is 0 Å². The van der Waals surface area contributed by atoms with Crippen molar-refractivity contribution in [2.45, 2.75) is 6.10 Å². The first kappa shape index (κ1) is 12.6. The third-order valence-corrected chi connectivity index (χ3v) is 4.20. The van der Waals surface area contributed by atoms with Gasteiger partial charge in [-0.25, -0.2) is 0 Å². The summed E-state index contributed by atoms with van der Waals surface area (Å²) in [5, 5.41) is 13.3. The van der Waals surface area contributed by atoms with Crippen molar-refractivity contribution in [2.75, 3.05) is 32.7 Å². The number of β-amino-alcohol motifs (C(OH)–C–C–N with tert-alkyl or cyclic N) is 1. The zero-order valence-corrected chi connectivity index (χ0v) is 11.1. The summed E-state index contributed by atoms with van der Waals surface area (Å²) in [7, 11) is 0. The van der Waals surface area contributed by atoms with Crippen LogP contribution in [0.3, 0.4) is 0 Å². The maximum Gasteiger partial charge on any atom is 0.100 e. The van der Waals surface area contributed by atoms with E-state index < -0.39 is 6.10 Å². The number of hydrogen-bond acceptors (Lipinski definition) is 4. The number of nitrogens with one attached hydrogen (secondary N) is 1. The van der Waals surface area contributed by atoms with Crippen LogP contribution < -0.4 is 5.32 Å². The minimum atomic E-state index is -0.547. The molecule has 1 aromatic rings. The molecule has 0 aliphatic carbocycles. The molecule has 0 bridgehead atoms. The zero-order valence-electron chi connectivity index (χ0n) is 8.75. The molecule has 16 heavy (non-hydrogen) atoms. The summed E-state index contributed by atoms with van der Waals surface area (Å²) in [6.45, 7) is 4.50. The van der Waals surface area contributed by atoms with Crippen LogP contribution in [0.5, 0.6) is 0 Å². The highest BCUT2D eigenvalue weighted by molar-refractivity contribution is 7.20. The molecule has 0 aromatic carbocycles. The molecular weight excluding hydrogens is 267 g/mol. The minimum absolute atomic E-state index is 0.547. The highest BCUT2D eigenvalue weighted by atomic mass is 35.5. The highest BCUT2D eigenvalue weighted by Gasteiger charge is 2.19. The first-order valence-corrected chi connectivity index (χ1v) is 6.80. The van der Waals surface area contributed by atoms with Crippen molar-refractivity contribution >= 4 is 34.5 Å². The molecule has 1 aliphatic rings. The van der Waals surface area contributed by atoms with Gasteiger partial charge in [0, 0.05) is 38.3 Å². The second-order valence-electron chi connectivity index (χ2n) is 3.85. The molecule has 2 rings (SSSR count). The van der Waals surface area contributed by atoms with Crippen LogP contribution in [0.2, 0.25) is 8.67 Å². The van der Waals surface area contributed by atoms with Gasteiger partial charge in [0.2, 0.25) is 0 Å². The van der Waals surface area contributed by atoms with Gasteiger partial charge >= 0.3 is 0 Å². The quantitative estimate of drug-likeness (QED) is 0.889. The van der Waals surface area contributed by atoms with Gasteiger partial charge < -0.3 is 10.4 Å². The molecule has 2 heterocycles. The van der Waals surface area contributed by atoms with Crippen LogP contribution in [-0.4, -0.2) is 42.7 Å². The number of hydrogen-bond donors (Lipinski definition) is 2. The topological polar surface area (TPSA) is 35.5 Å². The standard InChI is InChI=1S/C10H14Cl2N2OS/c11-9-5-7(10(12)16-9)8(15)6-14-3-1-13-2-4-14/h5,8,13,15H,1-4,6H2. The molecule has 6 heteroatoms. The van der Waals surface area contributed by atoms with Crippen LogP contribution in [0.1, 0.15) is 11.7 Å². The van der Waals surface area contributed by atoms with Crippen LogP contribution in [0, 0.1) is 0 Å². The van der Waals surface area contributed by atoms with Crippen molar-refractivity contribution in [1.29, 1.82) is 0 Å². The molecule has 0 saturated carbocycles. The predicted octanol–water partition coefficient (Wildman–Crippen LogP) is 1.99. The second-order valence-corrected chi connectivity index (χ2v) is 6.13. The average molecular weight is 281 g/mol. The molecule has 3 nitrogen and oxygen atoms in total. The first-order valence-electron chi connectivity index (χ1n) is 5.22. The Balaban J connectivity index is 1.96. The SMILES string of the molecule is OC(CN1CCNCC1)c1cc(Cl)sc1Cl.